The molecule has 1 N–H and O–H groups in total. The van der Waals surface area contributed by atoms with Gasteiger partial charge < -0.3 is 5.32 Å². The summed E-state index contributed by atoms with van der Waals surface area (Å²) in [5.74, 6) is -0.130. The molecular weight excluding hydrogens is 314 g/mol. The molecule has 6 nitrogen and oxygen atoms in total. The van der Waals surface area contributed by atoms with Gasteiger partial charge in [-0.15, -0.1) is 5.10 Å². The number of rotatable bonds is 3. The first-order valence-corrected chi connectivity index (χ1v) is 8.10. The summed E-state index contributed by atoms with van der Waals surface area (Å²) in [6, 6.07) is 13.3. The van der Waals surface area contributed by atoms with Crippen LogP contribution in [0, 0.1) is 6.92 Å². The van der Waals surface area contributed by atoms with Crippen LogP contribution in [0.5, 0.6) is 0 Å². The van der Waals surface area contributed by atoms with Crippen molar-refractivity contribution < 1.29 is 4.79 Å². The lowest BCUT2D eigenvalue weighted by atomic mass is 9.87. The Balaban J connectivity index is 1.76. The average Bonchev–Trinajstić information content (AvgIpc) is 3.08. The smallest absolute Gasteiger partial charge is 0.255 e. The van der Waals surface area contributed by atoms with E-state index in [0.29, 0.717) is 5.56 Å². The van der Waals surface area contributed by atoms with E-state index in [1.165, 1.54) is 11.9 Å². The normalized spacial score (nSPS) is 11.4. The molecule has 0 aliphatic rings. The van der Waals surface area contributed by atoms with Crippen molar-refractivity contribution in [2.45, 2.75) is 33.1 Å². The molecule has 0 aliphatic carbocycles. The molecule has 0 fully saturated rings. The van der Waals surface area contributed by atoms with E-state index >= 15 is 0 Å². The van der Waals surface area contributed by atoms with E-state index in [-0.39, 0.29) is 11.3 Å². The van der Waals surface area contributed by atoms with Crippen molar-refractivity contribution in [3.63, 3.8) is 0 Å². The Bertz CT molecular complexity index is 877. The third-order valence-corrected chi connectivity index (χ3v) is 4.06. The Kier molecular flexibility index (Phi) is 4.35. The van der Waals surface area contributed by atoms with Crippen LogP contribution in [0.1, 0.15) is 42.3 Å². The van der Waals surface area contributed by atoms with E-state index in [2.05, 4.69) is 41.6 Å². The topological polar surface area (TPSA) is 72.7 Å². The van der Waals surface area contributed by atoms with Gasteiger partial charge in [-0.2, -0.15) is 0 Å². The second-order valence-corrected chi connectivity index (χ2v) is 7.04. The first-order chi connectivity index (χ1) is 11.8. The standard InChI is InChI=1S/C19H21N5O/c1-13-11-16(9-10-17(13)24-12-20-22-23-24)21-18(25)14-5-7-15(8-6-14)19(2,3)4/h5-12H,1-4H3,(H,21,25). The molecule has 0 unspecified atom stereocenters. The predicted octanol–water partition coefficient (Wildman–Crippen LogP) is 3.52. The summed E-state index contributed by atoms with van der Waals surface area (Å²) in [4.78, 5) is 12.5. The fraction of sp³-hybridized carbons (Fsp3) is 0.263. The molecule has 2 aromatic carbocycles. The maximum Gasteiger partial charge on any atom is 0.255 e. The van der Waals surface area contributed by atoms with Crippen molar-refractivity contribution in [3.8, 4) is 5.69 Å². The van der Waals surface area contributed by atoms with Crippen molar-refractivity contribution in [1.29, 1.82) is 0 Å². The van der Waals surface area contributed by atoms with Gasteiger partial charge in [-0.1, -0.05) is 32.9 Å². The number of carbonyl (C=O) groups is 1. The molecule has 1 heterocycles. The van der Waals surface area contributed by atoms with Crippen LogP contribution in [0.2, 0.25) is 0 Å². The first kappa shape index (κ1) is 16.8. The summed E-state index contributed by atoms with van der Waals surface area (Å²) in [6.07, 6.45) is 1.54. The van der Waals surface area contributed by atoms with Crippen LogP contribution in [-0.4, -0.2) is 26.1 Å². The zero-order valence-electron chi connectivity index (χ0n) is 14.8. The van der Waals surface area contributed by atoms with Gasteiger partial charge in [0.15, 0.2) is 0 Å². The Morgan fingerprint density at radius 3 is 2.36 bits per heavy atom. The molecular formula is C19H21N5O. The number of nitrogens with zero attached hydrogens (tertiary/aromatic N) is 4. The molecule has 0 spiro atoms. The van der Waals surface area contributed by atoms with Gasteiger partial charge in [0.2, 0.25) is 0 Å². The zero-order chi connectivity index (χ0) is 18.0. The summed E-state index contributed by atoms with van der Waals surface area (Å²) in [5.41, 5.74) is 4.48. The number of hydrogen-bond donors (Lipinski definition) is 1. The number of amides is 1. The quantitative estimate of drug-likeness (QED) is 0.795. The highest BCUT2D eigenvalue weighted by Crippen LogP contribution is 2.23. The summed E-state index contributed by atoms with van der Waals surface area (Å²) in [5, 5.41) is 14.1. The van der Waals surface area contributed by atoms with E-state index in [1.807, 2.05) is 49.4 Å². The Morgan fingerprint density at radius 2 is 1.80 bits per heavy atom. The second-order valence-electron chi connectivity index (χ2n) is 7.04. The van der Waals surface area contributed by atoms with E-state index < -0.39 is 0 Å². The van der Waals surface area contributed by atoms with E-state index in [4.69, 9.17) is 0 Å². The first-order valence-electron chi connectivity index (χ1n) is 8.10. The van der Waals surface area contributed by atoms with Gasteiger partial charge in [-0.3, -0.25) is 4.79 Å². The van der Waals surface area contributed by atoms with Crippen LogP contribution in [0.3, 0.4) is 0 Å². The SMILES string of the molecule is Cc1cc(NC(=O)c2ccc(C(C)(C)C)cc2)ccc1-n1cnnn1. The molecule has 3 aromatic rings. The summed E-state index contributed by atoms with van der Waals surface area (Å²) in [6.45, 7) is 8.40. The number of tetrazole rings is 1. The lowest BCUT2D eigenvalue weighted by Crippen LogP contribution is -2.14. The van der Waals surface area contributed by atoms with Crippen LogP contribution in [0.4, 0.5) is 5.69 Å². The highest BCUT2D eigenvalue weighted by Gasteiger charge is 2.14. The number of aromatic nitrogens is 4. The Labute approximate surface area is 146 Å². The van der Waals surface area contributed by atoms with Crippen molar-refractivity contribution in [3.05, 3.63) is 65.5 Å². The molecule has 1 aromatic heterocycles. The molecule has 3 rings (SSSR count). The molecule has 0 saturated carbocycles. The maximum absolute atomic E-state index is 12.5. The number of anilines is 1. The third-order valence-electron chi connectivity index (χ3n) is 4.06. The van der Waals surface area contributed by atoms with E-state index in [9.17, 15) is 4.79 Å². The van der Waals surface area contributed by atoms with Crippen LogP contribution in [0.15, 0.2) is 48.8 Å². The van der Waals surface area contributed by atoms with Gasteiger partial charge in [-0.05, 0) is 64.2 Å². The van der Waals surface area contributed by atoms with E-state index in [0.717, 1.165) is 16.9 Å². The molecule has 0 saturated heterocycles. The summed E-state index contributed by atoms with van der Waals surface area (Å²) < 4.78 is 1.59. The number of carbonyl (C=O) groups excluding carboxylic acids is 1. The monoisotopic (exact) mass is 335 g/mol. The highest BCUT2D eigenvalue weighted by molar-refractivity contribution is 6.04. The minimum absolute atomic E-state index is 0.0676. The van der Waals surface area contributed by atoms with Gasteiger partial charge in [0, 0.05) is 11.3 Å². The van der Waals surface area contributed by atoms with Crippen molar-refractivity contribution in [2.24, 2.45) is 0 Å². The van der Waals surface area contributed by atoms with Crippen molar-refractivity contribution in [2.75, 3.05) is 5.32 Å². The second kappa shape index (κ2) is 6.47. The van der Waals surface area contributed by atoms with Crippen molar-refractivity contribution in [1.82, 2.24) is 20.2 Å². The Morgan fingerprint density at radius 1 is 1.08 bits per heavy atom. The molecule has 0 atom stereocenters. The Hall–Kier alpha value is -3.02. The van der Waals surface area contributed by atoms with Gasteiger partial charge in [0.05, 0.1) is 5.69 Å². The van der Waals surface area contributed by atoms with Gasteiger partial charge in [0.25, 0.3) is 5.91 Å². The fourth-order valence-electron chi connectivity index (χ4n) is 2.59. The number of nitrogens with one attached hydrogen (secondary N) is 1. The molecule has 25 heavy (non-hydrogen) atoms. The van der Waals surface area contributed by atoms with Gasteiger partial charge in [-0.25, -0.2) is 4.68 Å². The average molecular weight is 335 g/mol. The molecule has 0 bridgehead atoms. The lowest BCUT2D eigenvalue weighted by Gasteiger charge is -2.19. The molecule has 6 heteroatoms. The van der Waals surface area contributed by atoms with Crippen LogP contribution >= 0.6 is 0 Å². The number of aryl methyl sites for hydroxylation is 1. The zero-order valence-corrected chi connectivity index (χ0v) is 14.8. The highest BCUT2D eigenvalue weighted by atomic mass is 16.1. The minimum atomic E-state index is -0.130. The summed E-state index contributed by atoms with van der Waals surface area (Å²) >= 11 is 0. The predicted molar refractivity (Wildman–Crippen MR) is 97.0 cm³/mol. The van der Waals surface area contributed by atoms with Crippen LogP contribution in [0.25, 0.3) is 5.69 Å². The largest absolute Gasteiger partial charge is 0.322 e. The lowest BCUT2D eigenvalue weighted by molar-refractivity contribution is 0.102. The summed E-state index contributed by atoms with van der Waals surface area (Å²) in [7, 11) is 0. The molecule has 128 valence electrons. The molecule has 0 radical (unpaired) electrons. The van der Waals surface area contributed by atoms with Crippen LogP contribution in [-0.2, 0) is 5.41 Å². The third kappa shape index (κ3) is 3.74. The maximum atomic E-state index is 12.5. The van der Waals surface area contributed by atoms with Gasteiger partial charge >= 0.3 is 0 Å². The number of benzene rings is 2. The fourth-order valence-corrected chi connectivity index (χ4v) is 2.59. The van der Waals surface area contributed by atoms with Gasteiger partial charge in [0.1, 0.15) is 6.33 Å². The number of hydrogen-bond acceptors (Lipinski definition) is 4. The molecule has 1 amide bonds. The van der Waals surface area contributed by atoms with E-state index in [1.54, 1.807) is 4.68 Å². The van der Waals surface area contributed by atoms with Crippen molar-refractivity contribution >= 4 is 11.6 Å². The van der Waals surface area contributed by atoms with Crippen LogP contribution < -0.4 is 5.32 Å². The molecule has 0 aliphatic heterocycles. The minimum Gasteiger partial charge on any atom is -0.322 e.